The first-order valence-electron chi connectivity index (χ1n) is 12.0. The van der Waals surface area contributed by atoms with Crippen LogP contribution in [0.25, 0.3) is 0 Å². The summed E-state index contributed by atoms with van der Waals surface area (Å²) in [5, 5.41) is 13.3. The normalized spacial score (nSPS) is 18.1. The zero-order chi connectivity index (χ0) is 28.4. The van der Waals surface area contributed by atoms with Crippen molar-refractivity contribution in [1.29, 1.82) is 0 Å². The van der Waals surface area contributed by atoms with Crippen molar-refractivity contribution in [2.75, 3.05) is 12.4 Å². The van der Waals surface area contributed by atoms with Crippen molar-refractivity contribution in [1.82, 2.24) is 10.2 Å². The van der Waals surface area contributed by atoms with Crippen molar-refractivity contribution in [3.05, 3.63) is 98.6 Å². The minimum atomic E-state index is -1.26. The molecule has 0 aromatic heterocycles. The largest absolute Gasteiger partial charge is 0.485 e. The molecule has 2 aliphatic heterocycles. The second kappa shape index (κ2) is 12.0. The maximum atomic E-state index is 13.0. The lowest BCUT2D eigenvalue weighted by molar-refractivity contribution is -0.150. The van der Waals surface area contributed by atoms with Crippen LogP contribution in [0.5, 0.6) is 17.2 Å². The van der Waals surface area contributed by atoms with Crippen molar-refractivity contribution in [2.45, 2.75) is 17.8 Å². The number of carboxylic acid groups (broad SMARTS) is 1. The minimum Gasteiger partial charge on any atom is -0.485 e. The van der Waals surface area contributed by atoms with E-state index in [0.29, 0.717) is 32.1 Å². The molecule has 2 N–H and O–H groups in total. The molecular weight excluding hydrogens is 599 g/mol. The van der Waals surface area contributed by atoms with E-state index in [-0.39, 0.29) is 36.1 Å². The van der Waals surface area contributed by atoms with Crippen LogP contribution >= 0.6 is 46.6 Å². The quantitative estimate of drug-likeness (QED) is 0.292. The molecule has 0 aliphatic carbocycles. The van der Waals surface area contributed by atoms with Gasteiger partial charge >= 0.3 is 5.97 Å². The first kappa shape index (κ1) is 28.2. The summed E-state index contributed by atoms with van der Waals surface area (Å²) in [7, 11) is 0. The van der Waals surface area contributed by atoms with E-state index >= 15 is 0 Å². The van der Waals surface area contributed by atoms with Gasteiger partial charge < -0.3 is 19.9 Å². The van der Waals surface area contributed by atoms with Crippen molar-refractivity contribution in [3.8, 4) is 17.2 Å². The molecule has 2 amide bonds. The van der Waals surface area contributed by atoms with Gasteiger partial charge in [0.05, 0.1) is 11.4 Å². The molecule has 1 unspecified atom stereocenters. The van der Waals surface area contributed by atoms with E-state index < -0.39 is 23.3 Å². The zero-order valence-corrected chi connectivity index (χ0v) is 23.7. The summed E-state index contributed by atoms with van der Waals surface area (Å²) in [5.74, 6) is -0.890. The Bertz CT molecular complexity index is 1520. The lowest BCUT2D eigenvalue weighted by Gasteiger charge is -2.49. The molecular formula is C28H21Cl3N2O6S. The number of amides is 2. The van der Waals surface area contributed by atoms with Crippen molar-refractivity contribution in [3.63, 3.8) is 0 Å². The fourth-order valence-electron chi connectivity index (χ4n) is 4.32. The third-order valence-electron chi connectivity index (χ3n) is 6.20. The number of rotatable bonds is 9. The molecule has 2 atom stereocenters. The Kier molecular flexibility index (Phi) is 8.46. The van der Waals surface area contributed by atoms with Gasteiger partial charge in [0.2, 0.25) is 5.91 Å². The predicted octanol–water partition coefficient (Wildman–Crippen LogP) is 5.80. The number of carbonyl (C=O) groups excluding carboxylic acids is 2. The van der Waals surface area contributed by atoms with Crippen LogP contribution in [0, 0.1) is 0 Å². The average Bonchev–Trinajstić information content (AvgIpc) is 2.93. The summed E-state index contributed by atoms with van der Waals surface area (Å²) in [6, 6.07) is 17.9. The molecule has 8 nitrogen and oxygen atoms in total. The maximum absolute atomic E-state index is 13.0. The molecule has 12 heteroatoms. The molecule has 1 fully saturated rings. The van der Waals surface area contributed by atoms with Gasteiger partial charge in [0, 0.05) is 27.4 Å². The smallest absolute Gasteiger partial charge is 0.352 e. The van der Waals surface area contributed by atoms with Crippen molar-refractivity contribution in [2.24, 2.45) is 0 Å². The molecule has 1 saturated heterocycles. The predicted molar refractivity (Wildman–Crippen MR) is 153 cm³/mol. The van der Waals surface area contributed by atoms with Gasteiger partial charge in [0.25, 0.3) is 5.91 Å². The van der Waals surface area contributed by atoms with Gasteiger partial charge in [-0.1, -0.05) is 65.1 Å². The fourth-order valence-corrected chi connectivity index (χ4v) is 6.26. The SMILES string of the molecule is O=C(Cc1ccccc1)NC1C(=O)N2C(C(=O)O)=C(COc3cc(Cl)ccc3Oc3ccc(Cl)cc3Cl)CS[C@@H]12. The van der Waals surface area contributed by atoms with Gasteiger partial charge in [0.1, 0.15) is 29.5 Å². The Morgan fingerprint density at radius 2 is 1.68 bits per heavy atom. The molecule has 206 valence electrons. The van der Waals surface area contributed by atoms with E-state index in [1.54, 1.807) is 24.3 Å². The van der Waals surface area contributed by atoms with E-state index in [1.165, 1.54) is 28.8 Å². The lowest BCUT2D eigenvalue weighted by Crippen LogP contribution is -2.70. The van der Waals surface area contributed by atoms with Crippen LogP contribution in [0.15, 0.2) is 78.0 Å². The minimum absolute atomic E-state index is 0.119. The van der Waals surface area contributed by atoms with E-state index in [0.717, 1.165) is 5.56 Å². The zero-order valence-electron chi connectivity index (χ0n) is 20.6. The van der Waals surface area contributed by atoms with Gasteiger partial charge in [-0.2, -0.15) is 0 Å². The number of thioether (sulfide) groups is 1. The highest BCUT2D eigenvalue weighted by atomic mass is 35.5. The molecule has 0 spiro atoms. The summed E-state index contributed by atoms with van der Waals surface area (Å²) in [4.78, 5) is 38.9. The second-order valence-electron chi connectivity index (χ2n) is 8.93. The number of hydrogen-bond donors (Lipinski definition) is 2. The third kappa shape index (κ3) is 6.02. The summed E-state index contributed by atoms with van der Waals surface area (Å²) in [6.07, 6.45) is 0.119. The van der Waals surface area contributed by atoms with Gasteiger partial charge in [0.15, 0.2) is 11.5 Å². The number of carbonyl (C=O) groups is 3. The first-order chi connectivity index (χ1) is 19.2. The molecule has 5 rings (SSSR count). The number of ether oxygens (including phenoxy) is 2. The molecule has 3 aromatic rings. The number of aliphatic carboxylic acids is 1. The summed E-state index contributed by atoms with van der Waals surface area (Å²) in [6.45, 7) is -0.138. The molecule has 3 aromatic carbocycles. The maximum Gasteiger partial charge on any atom is 0.352 e. The molecule has 2 heterocycles. The molecule has 0 bridgehead atoms. The Morgan fingerprint density at radius 3 is 2.38 bits per heavy atom. The highest BCUT2D eigenvalue weighted by molar-refractivity contribution is 8.00. The van der Waals surface area contributed by atoms with Crippen LogP contribution < -0.4 is 14.8 Å². The van der Waals surface area contributed by atoms with Gasteiger partial charge in [-0.05, 0) is 35.9 Å². The number of fused-ring (bicyclic) bond motifs is 1. The van der Waals surface area contributed by atoms with E-state index in [1.807, 2.05) is 30.3 Å². The topological polar surface area (TPSA) is 105 Å². The van der Waals surface area contributed by atoms with Crippen LogP contribution in [0.4, 0.5) is 0 Å². The Morgan fingerprint density at radius 1 is 0.975 bits per heavy atom. The number of benzene rings is 3. The van der Waals surface area contributed by atoms with Crippen LogP contribution in [0.2, 0.25) is 15.1 Å². The first-order valence-corrected chi connectivity index (χ1v) is 14.2. The van der Waals surface area contributed by atoms with Gasteiger partial charge in [-0.3, -0.25) is 14.5 Å². The summed E-state index contributed by atoms with van der Waals surface area (Å²) in [5.41, 5.74) is 1.05. The fraction of sp³-hybridized carbons (Fsp3) is 0.179. The van der Waals surface area contributed by atoms with Gasteiger partial charge in [-0.15, -0.1) is 11.8 Å². The molecule has 2 aliphatic rings. The number of halogens is 3. The van der Waals surface area contributed by atoms with E-state index in [2.05, 4.69) is 5.32 Å². The highest BCUT2D eigenvalue weighted by Crippen LogP contribution is 2.42. The van der Waals surface area contributed by atoms with Crippen LogP contribution in [0.1, 0.15) is 5.56 Å². The lowest BCUT2D eigenvalue weighted by atomic mass is 10.0. The number of carboxylic acids is 1. The van der Waals surface area contributed by atoms with E-state index in [4.69, 9.17) is 44.3 Å². The highest BCUT2D eigenvalue weighted by Gasteiger charge is 2.54. The Hall–Kier alpha value is -3.37. The Balaban J connectivity index is 1.30. The second-order valence-corrected chi connectivity index (χ2v) is 11.3. The monoisotopic (exact) mass is 618 g/mol. The summed E-state index contributed by atoms with van der Waals surface area (Å²) >= 11 is 19.7. The molecule has 0 saturated carbocycles. The van der Waals surface area contributed by atoms with Crippen LogP contribution in [-0.4, -0.2) is 51.6 Å². The third-order valence-corrected chi connectivity index (χ3v) is 8.30. The number of β-lactam (4-membered cyclic amide) rings is 1. The number of nitrogens with zero attached hydrogens (tertiary/aromatic N) is 1. The van der Waals surface area contributed by atoms with E-state index in [9.17, 15) is 19.5 Å². The number of hydrogen-bond acceptors (Lipinski definition) is 6. The molecule has 0 radical (unpaired) electrons. The Labute approximate surface area is 248 Å². The van der Waals surface area contributed by atoms with Gasteiger partial charge in [-0.25, -0.2) is 4.79 Å². The van der Waals surface area contributed by atoms with Crippen LogP contribution in [-0.2, 0) is 20.8 Å². The number of nitrogens with one attached hydrogen (secondary N) is 1. The van der Waals surface area contributed by atoms with Crippen molar-refractivity contribution < 1.29 is 29.0 Å². The summed E-state index contributed by atoms with van der Waals surface area (Å²) < 4.78 is 11.9. The average molecular weight is 620 g/mol. The molecule has 40 heavy (non-hydrogen) atoms. The standard InChI is InChI=1S/C28H21Cl3N2O6S/c29-17-6-8-20(19(31)11-17)39-21-9-7-18(30)12-22(21)38-13-16-14-40-27-24(26(35)33(27)25(16)28(36)37)32-23(34)10-15-4-2-1-3-5-15/h1-9,11-12,24,27H,10,13-14H2,(H,32,34)(H,36,37)/t24?,27-/m0/s1. The van der Waals surface area contributed by atoms with Crippen molar-refractivity contribution >= 4 is 64.3 Å². The van der Waals surface area contributed by atoms with Crippen LogP contribution in [0.3, 0.4) is 0 Å².